The van der Waals surface area contributed by atoms with Crippen LogP contribution in [-0.4, -0.2) is 28.8 Å². The van der Waals surface area contributed by atoms with E-state index in [4.69, 9.17) is 0 Å². The van der Waals surface area contributed by atoms with E-state index in [0.717, 1.165) is 13.1 Å². The fraction of sp³-hybridized carbons (Fsp3) is 1.00. The van der Waals surface area contributed by atoms with Crippen LogP contribution in [0.4, 0.5) is 0 Å². The summed E-state index contributed by atoms with van der Waals surface area (Å²) in [5.41, 5.74) is -0.368. The van der Waals surface area contributed by atoms with Gasteiger partial charge in [-0.1, -0.05) is 13.8 Å². The van der Waals surface area contributed by atoms with Crippen molar-refractivity contribution in [3.05, 3.63) is 0 Å². The fourth-order valence-electron chi connectivity index (χ4n) is 1.70. The van der Waals surface area contributed by atoms with E-state index >= 15 is 0 Å². The second kappa shape index (κ2) is 5.83. The zero-order chi connectivity index (χ0) is 13.9. The quantitative estimate of drug-likeness (QED) is 0.748. The number of hydrogen-bond donors (Lipinski definition) is 2. The second-order valence-corrected chi connectivity index (χ2v) is 8.60. The highest BCUT2D eigenvalue weighted by Crippen LogP contribution is 2.44. The molecule has 0 fully saturated rings. The van der Waals surface area contributed by atoms with E-state index in [9.17, 15) is 4.57 Å². The topological polar surface area (TPSA) is 44.4 Å². The third kappa shape index (κ3) is 6.56. The van der Waals surface area contributed by atoms with Gasteiger partial charge < -0.3 is 0 Å². The molecule has 0 aromatic heterocycles. The molecule has 0 aromatic carbocycles. The van der Waals surface area contributed by atoms with Crippen molar-refractivity contribution >= 4 is 7.59 Å². The van der Waals surface area contributed by atoms with Crippen LogP contribution in [0.25, 0.3) is 0 Å². The van der Waals surface area contributed by atoms with E-state index in [0.29, 0.717) is 0 Å². The van der Waals surface area contributed by atoms with Crippen LogP contribution in [0.1, 0.15) is 55.4 Å². The molecule has 0 aliphatic heterocycles. The molecule has 0 unspecified atom stereocenters. The lowest BCUT2D eigenvalue weighted by Gasteiger charge is -2.39. The van der Waals surface area contributed by atoms with Gasteiger partial charge in [0.15, 0.2) is 0 Å². The van der Waals surface area contributed by atoms with Crippen molar-refractivity contribution in [3.63, 3.8) is 0 Å². The molecular formula is C12H30N3OP. The van der Waals surface area contributed by atoms with Crippen molar-refractivity contribution in [1.29, 1.82) is 0 Å². The molecule has 0 spiro atoms. The van der Waals surface area contributed by atoms with Crippen molar-refractivity contribution in [1.82, 2.24) is 14.8 Å². The van der Waals surface area contributed by atoms with Crippen LogP contribution in [0.2, 0.25) is 0 Å². The summed E-state index contributed by atoms with van der Waals surface area (Å²) < 4.78 is 15.1. The predicted octanol–water partition coefficient (Wildman–Crippen LogP) is 3.21. The normalized spacial score (nSPS) is 14.4. The predicted molar refractivity (Wildman–Crippen MR) is 76.3 cm³/mol. The molecule has 0 aliphatic carbocycles. The molecule has 2 N–H and O–H groups in total. The van der Waals surface area contributed by atoms with Gasteiger partial charge in [-0.25, -0.2) is 14.8 Å². The molecule has 0 aromatic rings. The highest BCUT2D eigenvalue weighted by molar-refractivity contribution is 7.57. The molecule has 0 saturated heterocycles. The van der Waals surface area contributed by atoms with Gasteiger partial charge in [0.25, 0.3) is 7.59 Å². The summed E-state index contributed by atoms with van der Waals surface area (Å²) in [5.74, 6) is 0. The Morgan fingerprint density at radius 1 is 0.882 bits per heavy atom. The van der Waals surface area contributed by atoms with Crippen molar-refractivity contribution in [2.75, 3.05) is 13.1 Å². The van der Waals surface area contributed by atoms with E-state index < -0.39 is 7.59 Å². The Labute approximate surface area is 107 Å². The Morgan fingerprint density at radius 3 is 1.35 bits per heavy atom. The maximum atomic E-state index is 13.1. The monoisotopic (exact) mass is 263 g/mol. The van der Waals surface area contributed by atoms with Gasteiger partial charge in [0.2, 0.25) is 0 Å². The first-order chi connectivity index (χ1) is 7.43. The molecule has 17 heavy (non-hydrogen) atoms. The van der Waals surface area contributed by atoms with Crippen molar-refractivity contribution < 1.29 is 4.57 Å². The minimum atomic E-state index is -2.74. The van der Waals surface area contributed by atoms with Gasteiger partial charge in [0.1, 0.15) is 0 Å². The van der Waals surface area contributed by atoms with Crippen LogP contribution in [0.3, 0.4) is 0 Å². The molecule has 0 amide bonds. The van der Waals surface area contributed by atoms with E-state index in [1.807, 2.05) is 60.1 Å². The summed E-state index contributed by atoms with van der Waals surface area (Å²) in [4.78, 5) is 0. The Balaban J connectivity index is 5.14. The average Bonchev–Trinajstić information content (AvgIpc) is 1.97. The molecule has 104 valence electrons. The minimum Gasteiger partial charge on any atom is -0.271 e. The Bertz CT molecular complexity index is 254. The number of rotatable bonds is 5. The second-order valence-electron chi connectivity index (χ2n) is 6.44. The van der Waals surface area contributed by atoms with E-state index in [-0.39, 0.29) is 11.1 Å². The summed E-state index contributed by atoms with van der Waals surface area (Å²) in [6, 6.07) is 0. The molecule has 0 radical (unpaired) electrons. The van der Waals surface area contributed by atoms with Crippen molar-refractivity contribution in [3.8, 4) is 0 Å². The van der Waals surface area contributed by atoms with Gasteiger partial charge in [0, 0.05) is 24.2 Å². The lowest BCUT2D eigenvalue weighted by Crippen LogP contribution is -2.48. The van der Waals surface area contributed by atoms with Gasteiger partial charge in [-0.15, -0.1) is 0 Å². The highest BCUT2D eigenvalue weighted by atomic mass is 31.2. The van der Waals surface area contributed by atoms with Gasteiger partial charge in [-0.05, 0) is 41.5 Å². The molecule has 0 atom stereocenters. The summed E-state index contributed by atoms with van der Waals surface area (Å²) >= 11 is 0. The van der Waals surface area contributed by atoms with E-state index in [1.54, 1.807) is 0 Å². The highest BCUT2D eigenvalue weighted by Gasteiger charge is 2.35. The fourth-order valence-corrected chi connectivity index (χ4v) is 4.65. The Hall–Kier alpha value is 0.110. The minimum absolute atomic E-state index is 0.184. The maximum Gasteiger partial charge on any atom is 0.282 e. The zero-order valence-electron chi connectivity index (χ0n) is 12.7. The van der Waals surface area contributed by atoms with Crippen LogP contribution < -0.4 is 10.2 Å². The lowest BCUT2D eigenvalue weighted by atomic mass is 10.1. The molecule has 0 aliphatic rings. The molecule has 0 rings (SSSR count). The summed E-state index contributed by atoms with van der Waals surface area (Å²) in [7, 11) is -2.74. The largest absolute Gasteiger partial charge is 0.282 e. The van der Waals surface area contributed by atoms with Gasteiger partial charge in [-0.3, -0.25) is 4.57 Å². The number of nitrogens with one attached hydrogen (secondary N) is 2. The first-order valence-corrected chi connectivity index (χ1v) is 8.04. The molecule has 0 heterocycles. The first-order valence-electron chi connectivity index (χ1n) is 6.38. The first kappa shape index (κ1) is 17.1. The third-order valence-electron chi connectivity index (χ3n) is 2.10. The third-order valence-corrected chi connectivity index (χ3v) is 5.41. The summed E-state index contributed by atoms with van der Waals surface area (Å²) in [5, 5.41) is 6.52. The van der Waals surface area contributed by atoms with Gasteiger partial charge in [-0.2, -0.15) is 0 Å². The van der Waals surface area contributed by atoms with Gasteiger partial charge >= 0.3 is 0 Å². The number of nitrogens with zero attached hydrogens (tertiary/aromatic N) is 1. The molecule has 4 nitrogen and oxygen atoms in total. The summed E-state index contributed by atoms with van der Waals surface area (Å²) in [6.45, 7) is 17.8. The average molecular weight is 263 g/mol. The van der Waals surface area contributed by atoms with Crippen LogP contribution in [0.5, 0.6) is 0 Å². The van der Waals surface area contributed by atoms with Crippen LogP contribution >= 0.6 is 7.59 Å². The van der Waals surface area contributed by atoms with Crippen LogP contribution in [0, 0.1) is 0 Å². The molecule has 0 bridgehead atoms. The van der Waals surface area contributed by atoms with Crippen LogP contribution in [0.15, 0.2) is 0 Å². The number of hydrogen-bond acceptors (Lipinski definition) is 1. The van der Waals surface area contributed by atoms with Crippen molar-refractivity contribution in [2.45, 2.75) is 66.5 Å². The van der Waals surface area contributed by atoms with E-state index in [1.165, 1.54) is 0 Å². The smallest absolute Gasteiger partial charge is 0.271 e. The van der Waals surface area contributed by atoms with Crippen molar-refractivity contribution in [2.24, 2.45) is 0 Å². The lowest BCUT2D eigenvalue weighted by molar-refractivity contribution is 0.371. The maximum absolute atomic E-state index is 13.1. The standard InChI is InChI=1S/C12H30N3OP/c1-9-15(10-2)17(16,13-11(3,4)5)14-12(6,7)8/h9-10H2,1-8H3,(H2,13,14,16). The molecule has 5 heteroatoms. The molecular weight excluding hydrogens is 233 g/mol. The van der Waals surface area contributed by atoms with E-state index in [2.05, 4.69) is 10.2 Å². The zero-order valence-corrected chi connectivity index (χ0v) is 13.6. The SMILES string of the molecule is CCN(CC)P(=O)(NC(C)(C)C)NC(C)(C)C. The van der Waals surface area contributed by atoms with Gasteiger partial charge in [0.05, 0.1) is 0 Å². The Morgan fingerprint density at radius 2 is 1.18 bits per heavy atom. The molecule has 0 saturated carbocycles. The Kier molecular flexibility index (Phi) is 5.87. The summed E-state index contributed by atoms with van der Waals surface area (Å²) in [6.07, 6.45) is 0. The van der Waals surface area contributed by atoms with Crippen LogP contribution in [-0.2, 0) is 4.57 Å².